The lowest BCUT2D eigenvalue weighted by Crippen LogP contribution is -2.38. The van der Waals surface area contributed by atoms with Crippen molar-refractivity contribution in [3.05, 3.63) is 23.5 Å². The summed E-state index contributed by atoms with van der Waals surface area (Å²) < 4.78 is 27.3. The van der Waals surface area contributed by atoms with Crippen molar-refractivity contribution in [3.8, 4) is 0 Å². The molecule has 2 unspecified atom stereocenters. The smallest absolute Gasteiger partial charge is 0.337 e. The largest absolute Gasteiger partial charge is 0.467 e. The third kappa shape index (κ3) is 58.6. The number of carbonyl (C=O) groups excluding carboxylic acids is 1. The maximum absolute atomic E-state index is 11.0. The minimum Gasteiger partial charge on any atom is -0.467 e. The Balaban J connectivity index is -0.000000122. The Morgan fingerprint density at radius 2 is 1.07 bits per heavy atom. The lowest BCUT2D eigenvalue weighted by molar-refractivity contribution is -0.169. The van der Waals surface area contributed by atoms with Crippen LogP contribution < -0.4 is 0 Å². The van der Waals surface area contributed by atoms with Crippen LogP contribution in [0.2, 0.25) is 0 Å². The van der Waals surface area contributed by atoms with Crippen molar-refractivity contribution < 1.29 is 59.1 Å². The maximum Gasteiger partial charge on any atom is 0.337 e. The Morgan fingerprint density at radius 3 is 1.19 bits per heavy atom. The number of esters is 1. The molecule has 0 radical (unpaired) electrons. The summed E-state index contributed by atoms with van der Waals surface area (Å²) in [5.74, 6) is 0.746. The van der Waals surface area contributed by atoms with E-state index in [9.17, 15) is 4.79 Å². The highest BCUT2D eigenvalue weighted by Crippen LogP contribution is 2.18. The molecule has 410 valence electrons. The van der Waals surface area contributed by atoms with Gasteiger partial charge in [0.25, 0.3) is 0 Å². The number of hydrogen-bond acceptors (Lipinski definition) is 12. The van der Waals surface area contributed by atoms with Crippen molar-refractivity contribution in [1.82, 2.24) is 4.57 Å². The van der Waals surface area contributed by atoms with E-state index in [-0.39, 0.29) is 70.2 Å². The third-order valence-electron chi connectivity index (χ3n) is 9.25. The van der Waals surface area contributed by atoms with Crippen LogP contribution in [0.5, 0.6) is 0 Å². The molecule has 67 heavy (non-hydrogen) atoms. The number of ether oxygens (including phenoxy) is 5. The summed E-state index contributed by atoms with van der Waals surface area (Å²) >= 11 is 0. The molecular weight excluding hydrogens is 855 g/mol. The predicted octanol–water partition coefficient (Wildman–Crippen LogP) is 11.2. The Hall–Kier alpha value is -1.65. The van der Waals surface area contributed by atoms with Gasteiger partial charge in [-0.05, 0) is 166 Å². The Kier molecular flexibility index (Phi) is 58.5. The number of aromatic nitrogens is 1. The predicted molar refractivity (Wildman–Crippen MR) is 283 cm³/mol. The SMILES string of the molecule is C.C.CC(C)CCO.CC(C)CO.CC(C)OC(C)(C)C.COC(=O)C(C)(C)OC(C)C.COC(C)CO.Cc1ccc(C)n1C(C)C.OC1CCCC1.OC1CCCC1.OCC1CCCO1. The number of aryl methyl sites for hydroxylation is 2. The summed E-state index contributed by atoms with van der Waals surface area (Å²) in [5.41, 5.74) is 1.90. The van der Waals surface area contributed by atoms with E-state index < -0.39 is 5.60 Å². The first-order valence-electron chi connectivity index (χ1n) is 24.5. The van der Waals surface area contributed by atoms with E-state index in [1.807, 2.05) is 41.5 Å². The fourth-order valence-electron chi connectivity index (χ4n) is 6.01. The van der Waals surface area contributed by atoms with Gasteiger partial charge in [0.15, 0.2) is 5.60 Å². The number of nitrogens with zero attached hydrogens (tertiary/aromatic N) is 1. The molecule has 1 aromatic heterocycles. The topological polar surface area (TPSA) is 190 Å². The number of aliphatic hydroxyl groups excluding tert-OH is 6. The van der Waals surface area contributed by atoms with Crippen LogP contribution >= 0.6 is 0 Å². The highest BCUT2D eigenvalue weighted by atomic mass is 16.6. The minimum atomic E-state index is -0.830. The molecule has 0 bridgehead atoms. The number of carbonyl (C=O) groups is 1. The zero-order valence-corrected chi connectivity index (χ0v) is 45.7. The molecular formula is C54H117NO12. The van der Waals surface area contributed by atoms with E-state index in [4.69, 9.17) is 44.8 Å². The summed E-state index contributed by atoms with van der Waals surface area (Å²) in [5, 5.41) is 50.5. The zero-order chi connectivity index (χ0) is 51.8. The molecule has 1 saturated heterocycles. The normalized spacial score (nSPS) is 15.8. The molecule has 4 rings (SSSR count). The van der Waals surface area contributed by atoms with Gasteiger partial charge in [-0.2, -0.15) is 0 Å². The summed E-state index contributed by atoms with van der Waals surface area (Å²) in [6.45, 7) is 37.8. The molecule has 3 fully saturated rings. The first-order chi connectivity index (χ1) is 30.0. The molecule has 2 heterocycles. The van der Waals surface area contributed by atoms with Gasteiger partial charge in [-0.3, -0.25) is 0 Å². The van der Waals surface area contributed by atoms with E-state index in [0.717, 1.165) is 51.6 Å². The molecule has 13 nitrogen and oxygen atoms in total. The first-order valence-corrected chi connectivity index (χ1v) is 24.5. The second kappa shape index (κ2) is 49.3. The summed E-state index contributed by atoms with van der Waals surface area (Å²) in [4.78, 5) is 11.0. The van der Waals surface area contributed by atoms with Crippen LogP contribution in [-0.2, 0) is 28.5 Å². The second-order valence-electron chi connectivity index (χ2n) is 19.9. The zero-order valence-electron chi connectivity index (χ0n) is 45.7. The van der Waals surface area contributed by atoms with Crippen LogP contribution in [0, 0.1) is 25.7 Å². The highest BCUT2D eigenvalue weighted by Gasteiger charge is 2.30. The minimum absolute atomic E-state index is 0. The Labute approximate surface area is 415 Å². The van der Waals surface area contributed by atoms with Crippen molar-refractivity contribution in [1.29, 1.82) is 0 Å². The summed E-state index contributed by atoms with van der Waals surface area (Å²) in [6, 6.07) is 4.92. The lowest BCUT2D eigenvalue weighted by atomic mass is 10.1. The molecule has 0 amide bonds. The van der Waals surface area contributed by atoms with E-state index in [0.29, 0.717) is 37.2 Å². The second-order valence-corrected chi connectivity index (χ2v) is 19.9. The number of aliphatic hydroxyl groups is 6. The number of hydrogen-bond donors (Lipinski definition) is 6. The van der Waals surface area contributed by atoms with Gasteiger partial charge < -0.3 is 58.9 Å². The number of rotatable bonds is 11. The quantitative estimate of drug-likeness (QED) is 0.115. The van der Waals surface area contributed by atoms with Gasteiger partial charge in [-0.15, -0.1) is 0 Å². The molecule has 6 N–H and O–H groups in total. The fourth-order valence-corrected chi connectivity index (χ4v) is 6.01. The molecule has 2 aliphatic carbocycles. The fraction of sp³-hybridized carbons (Fsp3) is 0.907. The van der Waals surface area contributed by atoms with Gasteiger partial charge in [0.2, 0.25) is 0 Å². The van der Waals surface area contributed by atoms with Gasteiger partial charge in [-0.25, -0.2) is 4.79 Å². The van der Waals surface area contributed by atoms with Crippen molar-refractivity contribution >= 4 is 5.97 Å². The van der Waals surface area contributed by atoms with Crippen molar-refractivity contribution in [3.63, 3.8) is 0 Å². The van der Waals surface area contributed by atoms with Gasteiger partial charge >= 0.3 is 5.97 Å². The van der Waals surface area contributed by atoms with E-state index in [2.05, 4.69) is 88.5 Å². The monoisotopic (exact) mass is 972 g/mol. The molecule has 3 aliphatic rings. The first kappa shape index (κ1) is 79.5. The Morgan fingerprint density at radius 1 is 0.672 bits per heavy atom. The standard InChI is InChI=1S/C9H15N.C8H16O3.C7H16O.C5H10O2.2C5H10O.C5H12O.C4H10O2.C4H10O.2CH4/c1-7(2)10-8(3)5-6-9(10)4;1-6(2)11-8(3,4)7(9)10-5;1-6(2)8-7(3,4)5;6-4-5-2-1-3-7-5;2*6-5-3-1-2-4-5;1-5(2)3-4-6;1-4(3-5)6-2;1-4(2)3-5;;/h5-7H,1-4H3;6H,1-5H3;6H,1-5H3;5-6H,1-4H2;2*5-6H,1-4H2;5-6H,3-4H2,1-2H3;4-5H,3H2,1-2H3;4-5H,3H2,1-2H3;2*1H4. The van der Waals surface area contributed by atoms with Gasteiger partial charge in [0, 0.05) is 44.4 Å². The van der Waals surface area contributed by atoms with Crippen LogP contribution in [0.3, 0.4) is 0 Å². The van der Waals surface area contributed by atoms with Crippen LogP contribution in [-0.4, -0.2) is 136 Å². The highest BCUT2D eigenvalue weighted by molar-refractivity contribution is 5.78. The average Bonchev–Trinajstić information content (AvgIpc) is 4.05. The molecule has 0 spiro atoms. The van der Waals surface area contributed by atoms with Crippen molar-refractivity contribution in [2.24, 2.45) is 11.8 Å². The average molecular weight is 973 g/mol. The van der Waals surface area contributed by atoms with Crippen molar-refractivity contribution in [2.45, 2.75) is 264 Å². The molecule has 1 aromatic rings. The van der Waals surface area contributed by atoms with Crippen LogP contribution in [0.1, 0.15) is 214 Å². The van der Waals surface area contributed by atoms with Crippen LogP contribution in [0.15, 0.2) is 12.1 Å². The van der Waals surface area contributed by atoms with Crippen molar-refractivity contribution in [2.75, 3.05) is 47.3 Å². The maximum atomic E-state index is 11.0. The molecule has 2 atom stereocenters. The van der Waals surface area contributed by atoms with E-state index >= 15 is 0 Å². The lowest BCUT2D eigenvalue weighted by Gasteiger charge is -2.24. The molecule has 2 saturated carbocycles. The molecule has 1 aliphatic heterocycles. The van der Waals surface area contributed by atoms with E-state index in [1.54, 1.807) is 27.9 Å². The third-order valence-corrected chi connectivity index (χ3v) is 9.25. The Bertz CT molecular complexity index is 1090. The van der Waals surface area contributed by atoms with Gasteiger partial charge in [-0.1, -0.05) is 68.2 Å². The van der Waals surface area contributed by atoms with Crippen LogP contribution in [0.25, 0.3) is 0 Å². The van der Waals surface area contributed by atoms with Gasteiger partial charge in [0.1, 0.15) is 0 Å². The number of methoxy groups -OCH3 is 2. The van der Waals surface area contributed by atoms with E-state index in [1.165, 1.54) is 44.2 Å². The van der Waals surface area contributed by atoms with Crippen LogP contribution in [0.4, 0.5) is 0 Å². The molecule has 13 heteroatoms. The summed E-state index contributed by atoms with van der Waals surface area (Å²) in [6.07, 6.45) is 12.8. The van der Waals surface area contributed by atoms with Gasteiger partial charge in [0.05, 0.1) is 62.5 Å². The summed E-state index contributed by atoms with van der Waals surface area (Å²) in [7, 11) is 2.93. The molecule has 0 aromatic carbocycles.